The average Bonchev–Trinajstić information content (AvgIpc) is 2.77. The number of hydrogen-bond donors (Lipinski definition) is 0. The Morgan fingerprint density at radius 1 is 0.968 bits per heavy atom. The van der Waals surface area contributed by atoms with Gasteiger partial charge in [0.25, 0.3) is 0 Å². The summed E-state index contributed by atoms with van der Waals surface area (Å²) in [6.45, 7) is 0. The number of rotatable bonds is 5. The van der Waals surface area contributed by atoms with Crippen LogP contribution >= 0.6 is 11.6 Å². The van der Waals surface area contributed by atoms with Crippen LogP contribution in [0.15, 0.2) is 47.7 Å². The molecule has 31 heavy (non-hydrogen) atoms. The lowest BCUT2D eigenvalue weighted by atomic mass is 9.76. The second-order valence-electron chi connectivity index (χ2n) is 7.53. The summed E-state index contributed by atoms with van der Waals surface area (Å²) in [4.78, 5) is 28.1. The molecule has 1 atom stereocenters. The number of allylic oxidation sites excluding steroid dienone is 2. The minimum atomic E-state index is -0.416. The molecule has 0 bridgehead atoms. The van der Waals surface area contributed by atoms with Crippen LogP contribution in [0.25, 0.3) is 0 Å². The molecule has 1 heterocycles. The van der Waals surface area contributed by atoms with Crippen molar-refractivity contribution < 1.29 is 23.8 Å². The molecule has 2 aliphatic rings. The predicted octanol–water partition coefficient (Wildman–Crippen LogP) is 4.89. The molecule has 7 heteroatoms. The zero-order valence-electron chi connectivity index (χ0n) is 17.7. The van der Waals surface area contributed by atoms with Crippen molar-refractivity contribution in [3.05, 3.63) is 58.3 Å². The quantitative estimate of drug-likeness (QED) is 0.660. The number of ketones is 1. The van der Waals surface area contributed by atoms with Gasteiger partial charge in [-0.05, 0) is 37.1 Å². The van der Waals surface area contributed by atoms with E-state index in [1.165, 1.54) is 7.11 Å². The minimum Gasteiger partial charge on any atom is -0.493 e. The number of benzene rings is 2. The summed E-state index contributed by atoms with van der Waals surface area (Å²) in [6, 6.07) is 10.8. The van der Waals surface area contributed by atoms with Crippen LogP contribution in [0.3, 0.4) is 0 Å². The molecule has 0 fully saturated rings. The number of carbonyl (C=O) groups is 2. The van der Waals surface area contributed by atoms with E-state index in [1.807, 2.05) is 12.1 Å². The lowest BCUT2D eigenvalue weighted by molar-refractivity contribution is -0.119. The number of Topliss-reactive ketones (excluding diaryl/α,β-unsaturated/α-hetero) is 1. The second kappa shape index (κ2) is 8.63. The molecule has 0 saturated carbocycles. The van der Waals surface area contributed by atoms with E-state index < -0.39 is 5.92 Å². The van der Waals surface area contributed by atoms with Crippen LogP contribution in [0.2, 0.25) is 5.02 Å². The van der Waals surface area contributed by atoms with Crippen molar-refractivity contribution in [1.29, 1.82) is 0 Å². The Balaban J connectivity index is 1.91. The molecular weight excluding hydrogens is 418 g/mol. The molecule has 162 valence electrons. The summed E-state index contributed by atoms with van der Waals surface area (Å²) >= 11 is 6.18. The van der Waals surface area contributed by atoms with Gasteiger partial charge in [-0.25, -0.2) is 0 Å². The van der Waals surface area contributed by atoms with Gasteiger partial charge in [0, 0.05) is 40.6 Å². The fraction of sp³-hybridized carbons (Fsp3) is 0.333. The van der Waals surface area contributed by atoms with Gasteiger partial charge in [-0.15, -0.1) is 0 Å². The number of nitrogens with zero attached hydrogens (tertiary/aromatic N) is 1. The van der Waals surface area contributed by atoms with E-state index in [-0.39, 0.29) is 18.1 Å². The first-order valence-electron chi connectivity index (χ1n) is 10.1. The highest BCUT2D eigenvalue weighted by Gasteiger charge is 2.41. The summed E-state index contributed by atoms with van der Waals surface area (Å²) < 4.78 is 16.6. The number of hydrogen-bond acceptors (Lipinski definition) is 5. The molecule has 6 nitrogen and oxygen atoms in total. The fourth-order valence-electron chi connectivity index (χ4n) is 4.57. The Morgan fingerprint density at radius 3 is 2.42 bits per heavy atom. The first-order chi connectivity index (χ1) is 15.0. The molecule has 0 aromatic heterocycles. The summed E-state index contributed by atoms with van der Waals surface area (Å²) in [7, 11) is 4.63. The Kier molecular flexibility index (Phi) is 5.92. The van der Waals surface area contributed by atoms with Crippen molar-refractivity contribution in [1.82, 2.24) is 0 Å². The standard InChI is InChI=1S/C24H24ClNO5/c1-29-20-11-10-16(23(30-2)24(20)31-3)17-13-21(28)26(15-7-4-6-14(25)12-15)18-8-5-9-19(27)22(17)18/h4,6-7,10-12,17H,5,8-9,13H2,1-3H3. The van der Waals surface area contributed by atoms with E-state index in [4.69, 9.17) is 25.8 Å². The zero-order valence-corrected chi connectivity index (χ0v) is 18.5. The van der Waals surface area contributed by atoms with Gasteiger partial charge in [0.15, 0.2) is 17.3 Å². The van der Waals surface area contributed by atoms with Crippen molar-refractivity contribution in [2.45, 2.75) is 31.6 Å². The normalized spacial score (nSPS) is 18.7. The number of ether oxygens (including phenoxy) is 3. The predicted molar refractivity (Wildman–Crippen MR) is 118 cm³/mol. The van der Waals surface area contributed by atoms with Crippen LogP contribution in [0.1, 0.15) is 37.2 Å². The van der Waals surface area contributed by atoms with Gasteiger partial charge in [0.05, 0.1) is 27.0 Å². The highest BCUT2D eigenvalue weighted by atomic mass is 35.5. The van der Waals surface area contributed by atoms with Crippen molar-refractivity contribution >= 4 is 29.0 Å². The SMILES string of the molecule is COc1ccc(C2CC(=O)N(c3cccc(Cl)c3)C3=C2C(=O)CCC3)c(OC)c1OC. The number of carbonyl (C=O) groups excluding carboxylic acids is 2. The van der Waals surface area contributed by atoms with Crippen LogP contribution in [0.4, 0.5) is 5.69 Å². The van der Waals surface area contributed by atoms with E-state index in [0.717, 1.165) is 11.3 Å². The molecular formula is C24H24ClNO5. The van der Waals surface area contributed by atoms with Crippen LogP contribution in [-0.2, 0) is 9.59 Å². The smallest absolute Gasteiger partial charge is 0.232 e. The van der Waals surface area contributed by atoms with Gasteiger partial charge in [-0.3, -0.25) is 14.5 Å². The summed E-state index contributed by atoms with van der Waals surface area (Å²) in [6.07, 6.45) is 1.95. The van der Waals surface area contributed by atoms with Crippen LogP contribution in [-0.4, -0.2) is 33.0 Å². The maximum atomic E-state index is 13.4. The van der Waals surface area contributed by atoms with E-state index in [2.05, 4.69) is 0 Å². The molecule has 0 spiro atoms. The van der Waals surface area contributed by atoms with Gasteiger partial charge >= 0.3 is 0 Å². The monoisotopic (exact) mass is 441 g/mol. The zero-order chi connectivity index (χ0) is 22.1. The van der Waals surface area contributed by atoms with Crippen LogP contribution < -0.4 is 19.1 Å². The molecule has 2 aromatic carbocycles. The van der Waals surface area contributed by atoms with Crippen molar-refractivity contribution in [2.75, 3.05) is 26.2 Å². The fourth-order valence-corrected chi connectivity index (χ4v) is 4.76. The summed E-state index contributed by atoms with van der Waals surface area (Å²) in [5.74, 6) is 0.995. The van der Waals surface area contributed by atoms with E-state index >= 15 is 0 Å². The van der Waals surface area contributed by atoms with E-state index in [1.54, 1.807) is 43.4 Å². The van der Waals surface area contributed by atoms with E-state index in [0.29, 0.717) is 52.8 Å². The molecule has 0 saturated heterocycles. The van der Waals surface area contributed by atoms with Crippen molar-refractivity contribution in [2.24, 2.45) is 0 Å². The third-order valence-corrected chi connectivity index (χ3v) is 6.09. The third kappa shape index (κ3) is 3.65. The first kappa shape index (κ1) is 21.2. The molecule has 1 aliphatic carbocycles. The maximum Gasteiger partial charge on any atom is 0.232 e. The van der Waals surface area contributed by atoms with Gasteiger partial charge in [-0.2, -0.15) is 0 Å². The Morgan fingerprint density at radius 2 is 1.74 bits per heavy atom. The van der Waals surface area contributed by atoms with E-state index in [9.17, 15) is 9.59 Å². The van der Waals surface area contributed by atoms with Gasteiger partial charge in [0.1, 0.15) is 0 Å². The van der Waals surface area contributed by atoms with Gasteiger partial charge in [0.2, 0.25) is 11.7 Å². The highest BCUT2D eigenvalue weighted by Crippen LogP contribution is 2.49. The lowest BCUT2D eigenvalue weighted by Gasteiger charge is -2.38. The largest absolute Gasteiger partial charge is 0.493 e. The topological polar surface area (TPSA) is 65.1 Å². The van der Waals surface area contributed by atoms with Gasteiger partial charge < -0.3 is 14.2 Å². The van der Waals surface area contributed by atoms with Crippen molar-refractivity contribution in [3.63, 3.8) is 0 Å². The number of methoxy groups -OCH3 is 3. The molecule has 0 radical (unpaired) electrons. The second-order valence-corrected chi connectivity index (χ2v) is 7.96. The molecule has 1 aliphatic heterocycles. The maximum absolute atomic E-state index is 13.4. The molecule has 4 rings (SSSR count). The Hall–Kier alpha value is -2.99. The van der Waals surface area contributed by atoms with Crippen LogP contribution in [0, 0.1) is 0 Å². The van der Waals surface area contributed by atoms with Gasteiger partial charge in [-0.1, -0.05) is 23.7 Å². The lowest BCUT2D eigenvalue weighted by Crippen LogP contribution is -2.40. The number of anilines is 1. The number of halogens is 1. The number of amides is 1. The Bertz CT molecular complexity index is 1080. The molecule has 2 aromatic rings. The molecule has 1 amide bonds. The van der Waals surface area contributed by atoms with Crippen LogP contribution in [0.5, 0.6) is 17.2 Å². The third-order valence-electron chi connectivity index (χ3n) is 5.85. The molecule has 1 unspecified atom stereocenters. The highest BCUT2D eigenvalue weighted by molar-refractivity contribution is 6.31. The molecule has 0 N–H and O–H groups in total. The first-order valence-corrected chi connectivity index (χ1v) is 10.5. The van der Waals surface area contributed by atoms with Crippen molar-refractivity contribution in [3.8, 4) is 17.2 Å². The minimum absolute atomic E-state index is 0.0580. The average molecular weight is 442 g/mol. The Labute approximate surface area is 186 Å². The summed E-state index contributed by atoms with van der Waals surface area (Å²) in [5.41, 5.74) is 2.83. The summed E-state index contributed by atoms with van der Waals surface area (Å²) in [5, 5.41) is 0.540.